The number of nitrogens with one attached hydrogen (secondary N) is 1. The normalized spacial score (nSPS) is 29.2. The number of thioether (sulfide) groups is 1. The Morgan fingerprint density at radius 1 is 1.41 bits per heavy atom. The van der Waals surface area contributed by atoms with Crippen LogP contribution in [0.25, 0.3) is 0 Å². The maximum absolute atomic E-state index is 12.4. The molecule has 2 fully saturated rings. The van der Waals surface area contributed by atoms with Gasteiger partial charge in [0.25, 0.3) is 0 Å². The van der Waals surface area contributed by atoms with Gasteiger partial charge in [-0.05, 0) is 18.6 Å². The summed E-state index contributed by atoms with van der Waals surface area (Å²) in [6.45, 7) is 0.655. The van der Waals surface area contributed by atoms with E-state index in [-0.39, 0.29) is 24.9 Å². The Kier molecular flexibility index (Phi) is 5.63. The van der Waals surface area contributed by atoms with Crippen LogP contribution < -0.4 is 5.32 Å². The van der Waals surface area contributed by atoms with Gasteiger partial charge in [0.2, 0.25) is 11.8 Å². The number of amides is 2. The van der Waals surface area contributed by atoms with Gasteiger partial charge in [-0.2, -0.15) is 24.9 Å². The molecule has 1 N–H and O–H groups in total. The highest BCUT2D eigenvalue weighted by Gasteiger charge is 2.41. The summed E-state index contributed by atoms with van der Waals surface area (Å²) >= 11 is 1.80. The fourth-order valence-electron chi connectivity index (χ4n) is 3.12. The quantitative estimate of drug-likeness (QED) is 0.836. The van der Waals surface area contributed by atoms with Crippen molar-refractivity contribution < 1.29 is 22.8 Å². The molecule has 4 nitrogen and oxygen atoms in total. The molecule has 1 saturated heterocycles. The van der Waals surface area contributed by atoms with Crippen LogP contribution in [0.1, 0.15) is 32.6 Å². The Hall–Kier alpha value is -0.920. The van der Waals surface area contributed by atoms with Crippen LogP contribution >= 0.6 is 11.8 Å². The zero-order valence-electron chi connectivity index (χ0n) is 12.5. The molecule has 2 amide bonds. The Bertz CT molecular complexity index is 431. The van der Waals surface area contributed by atoms with Gasteiger partial charge in [0.15, 0.2) is 0 Å². The number of alkyl halides is 3. The van der Waals surface area contributed by atoms with Crippen molar-refractivity contribution in [2.45, 2.75) is 50.1 Å². The van der Waals surface area contributed by atoms with E-state index in [0.29, 0.717) is 5.25 Å². The van der Waals surface area contributed by atoms with Crippen molar-refractivity contribution >= 4 is 23.6 Å². The van der Waals surface area contributed by atoms with E-state index < -0.39 is 24.5 Å². The molecule has 22 heavy (non-hydrogen) atoms. The van der Waals surface area contributed by atoms with Crippen molar-refractivity contribution in [3.05, 3.63) is 0 Å². The fraction of sp³-hybridized carbons (Fsp3) is 0.857. The lowest BCUT2D eigenvalue weighted by Crippen LogP contribution is -2.43. The van der Waals surface area contributed by atoms with E-state index in [4.69, 9.17) is 0 Å². The van der Waals surface area contributed by atoms with Gasteiger partial charge in [-0.3, -0.25) is 9.59 Å². The lowest BCUT2D eigenvalue weighted by atomic mass is 10.1. The second-order valence-corrected chi connectivity index (χ2v) is 7.35. The first kappa shape index (κ1) is 17.4. The summed E-state index contributed by atoms with van der Waals surface area (Å²) < 4.78 is 37.1. The summed E-state index contributed by atoms with van der Waals surface area (Å²) in [4.78, 5) is 24.6. The minimum Gasteiger partial charge on any atom is -0.352 e. The molecule has 0 radical (unpaired) electrons. The van der Waals surface area contributed by atoms with Crippen LogP contribution in [0.4, 0.5) is 13.2 Å². The van der Waals surface area contributed by atoms with Crippen molar-refractivity contribution in [3.63, 3.8) is 0 Å². The molecule has 2 aliphatic rings. The third-order valence-electron chi connectivity index (χ3n) is 4.12. The Morgan fingerprint density at radius 2 is 2.14 bits per heavy atom. The highest BCUT2D eigenvalue weighted by atomic mass is 32.2. The third kappa shape index (κ3) is 4.54. The zero-order valence-corrected chi connectivity index (χ0v) is 13.3. The fourth-order valence-corrected chi connectivity index (χ4v) is 4.32. The van der Waals surface area contributed by atoms with Gasteiger partial charge in [0, 0.05) is 24.3 Å². The van der Waals surface area contributed by atoms with Crippen molar-refractivity contribution in [1.82, 2.24) is 10.2 Å². The van der Waals surface area contributed by atoms with Gasteiger partial charge in [-0.25, -0.2) is 0 Å². The second kappa shape index (κ2) is 7.10. The van der Waals surface area contributed by atoms with Crippen LogP contribution in [0.3, 0.4) is 0 Å². The Balaban J connectivity index is 1.87. The van der Waals surface area contributed by atoms with Gasteiger partial charge >= 0.3 is 6.18 Å². The van der Waals surface area contributed by atoms with Crippen molar-refractivity contribution in [2.24, 2.45) is 5.92 Å². The average molecular weight is 338 g/mol. The van der Waals surface area contributed by atoms with E-state index >= 15 is 0 Å². The molecule has 126 valence electrons. The standard InChI is InChI=1S/C14H21F3N2O2S/c1-2-22-11-5-3-4-10(11)18-13(21)9-6-12(20)19(7-9)8-14(15,16)17/h9-11H,2-8H2,1H3,(H,18,21)/t9-,10-,11-/m1/s1. The number of hydrogen-bond donors (Lipinski definition) is 1. The SMILES string of the molecule is CCS[C@@H]1CCC[C@H]1NC(=O)[C@@H]1CC(=O)N(CC(F)(F)F)C1. The monoisotopic (exact) mass is 338 g/mol. The lowest BCUT2D eigenvalue weighted by Gasteiger charge is -2.22. The summed E-state index contributed by atoms with van der Waals surface area (Å²) in [5.74, 6) is -0.573. The van der Waals surface area contributed by atoms with Gasteiger partial charge < -0.3 is 10.2 Å². The molecule has 0 bridgehead atoms. The smallest absolute Gasteiger partial charge is 0.352 e. The highest BCUT2D eigenvalue weighted by Crippen LogP contribution is 2.31. The largest absolute Gasteiger partial charge is 0.406 e. The summed E-state index contributed by atoms with van der Waals surface area (Å²) in [5.41, 5.74) is 0. The second-order valence-electron chi connectivity index (χ2n) is 5.83. The van der Waals surface area contributed by atoms with Gasteiger partial charge in [-0.15, -0.1) is 0 Å². The molecule has 8 heteroatoms. The summed E-state index contributed by atoms with van der Waals surface area (Å²) in [5, 5.41) is 3.31. The molecular formula is C14H21F3N2O2S. The number of likely N-dealkylation sites (tertiary alicyclic amines) is 1. The molecule has 0 aromatic heterocycles. The predicted molar refractivity (Wildman–Crippen MR) is 78.4 cm³/mol. The molecule has 3 atom stereocenters. The predicted octanol–water partition coefficient (Wildman–Crippen LogP) is 2.19. The Labute approximate surface area is 132 Å². The number of nitrogens with zero attached hydrogens (tertiary/aromatic N) is 1. The molecule has 0 aromatic carbocycles. The lowest BCUT2D eigenvalue weighted by molar-refractivity contribution is -0.157. The van der Waals surface area contributed by atoms with E-state index in [9.17, 15) is 22.8 Å². The van der Waals surface area contributed by atoms with Crippen molar-refractivity contribution in [3.8, 4) is 0 Å². The van der Waals surface area contributed by atoms with Crippen LogP contribution in [0.2, 0.25) is 0 Å². The summed E-state index contributed by atoms with van der Waals surface area (Å²) in [6, 6.07) is 0.0734. The first-order valence-electron chi connectivity index (χ1n) is 7.56. The number of carbonyl (C=O) groups excluding carboxylic acids is 2. The molecule has 1 aliphatic carbocycles. The van der Waals surface area contributed by atoms with Crippen LogP contribution in [0, 0.1) is 5.92 Å². The van der Waals surface area contributed by atoms with E-state index in [0.717, 1.165) is 29.9 Å². The van der Waals surface area contributed by atoms with Gasteiger partial charge in [0.1, 0.15) is 6.54 Å². The van der Waals surface area contributed by atoms with Crippen molar-refractivity contribution in [1.29, 1.82) is 0 Å². The minimum absolute atomic E-state index is 0.0734. The number of hydrogen-bond acceptors (Lipinski definition) is 3. The molecule has 1 heterocycles. The van der Waals surface area contributed by atoms with E-state index in [1.54, 1.807) is 11.8 Å². The topological polar surface area (TPSA) is 49.4 Å². The maximum Gasteiger partial charge on any atom is 0.406 e. The number of halogens is 3. The van der Waals surface area contributed by atoms with Crippen molar-refractivity contribution in [2.75, 3.05) is 18.8 Å². The molecule has 0 unspecified atom stereocenters. The molecule has 0 aromatic rings. The summed E-state index contributed by atoms with van der Waals surface area (Å²) in [6.07, 6.45) is -1.55. The number of rotatable bonds is 5. The van der Waals surface area contributed by atoms with E-state index in [2.05, 4.69) is 12.2 Å². The molecule has 0 spiro atoms. The maximum atomic E-state index is 12.4. The molecular weight excluding hydrogens is 317 g/mol. The van der Waals surface area contributed by atoms with Crippen LogP contribution in [-0.4, -0.2) is 53.0 Å². The minimum atomic E-state index is -4.42. The van der Waals surface area contributed by atoms with E-state index in [1.807, 2.05) is 0 Å². The average Bonchev–Trinajstić information content (AvgIpc) is 2.97. The molecule has 1 saturated carbocycles. The van der Waals surface area contributed by atoms with Crippen LogP contribution in [-0.2, 0) is 9.59 Å². The first-order valence-corrected chi connectivity index (χ1v) is 8.61. The Morgan fingerprint density at radius 3 is 2.77 bits per heavy atom. The van der Waals surface area contributed by atoms with Crippen LogP contribution in [0.5, 0.6) is 0 Å². The zero-order chi connectivity index (χ0) is 16.3. The van der Waals surface area contributed by atoms with Gasteiger partial charge in [0.05, 0.1) is 5.92 Å². The van der Waals surface area contributed by atoms with Gasteiger partial charge in [-0.1, -0.05) is 13.3 Å². The summed E-state index contributed by atoms with van der Waals surface area (Å²) in [7, 11) is 0. The molecule has 1 aliphatic heterocycles. The first-order chi connectivity index (χ1) is 10.3. The van der Waals surface area contributed by atoms with E-state index in [1.165, 1.54) is 0 Å². The highest BCUT2D eigenvalue weighted by molar-refractivity contribution is 7.99. The number of carbonyl (C=O) groups is 2. The van der Waals surface area contributed by atoms with Crippen LogP contribution in [0.15, 0.2) is 0 Å². The third-order valence-corrected chi connectivity index (χ3v) is 5.44. The molecule has 2 rings (SSSR count).